The summed E-state index contributed by atoms with van der Waals surface area (Å²) in [6.45, 7) is 3.39. The van der Waals surface area contributed by atoms with Crippen molar-refractivity contribution in [1.82, 2.24) is 4.90 Å². The van der Waals surface area contributed by atoms with Crippen molar-refractivity contribution in [3.63, 3.8) is 0 Å². The number of carbonyl (C=O) groups excluding carboxylic acids is 1. The number of nitrogens with zero attached hydrogens (tertiary/aromatic N) is 2. The monoisotopic (exact) mass is 225 g/mol. The molecule has 3 N–H and O–H groups in total. The molecule has 5 nitrogen and oxygen atoms in total. The number of fused-ring (bicyclic) bond motifs is 1. The highest BCUT2D eigenvalue weighted by Gasteiger charge is 2.39. The number of amidine groups is 1. The number of nitrogens with two attached hydrogens (primary N) is 1. The number of hydrogen-bond donors (Lipinski definition) is 2. The maximum absolute atomic E-state index is 12.0. The van der Waals surface area contributed by atoms with Gasteiger partial charge in [0, 0.05) is 13.1 Å². The molecular formula is C11H19N3O2. The number of carbonyl (C=O) groups is 1. The second-order valence-corrected chi connectivity index (χ2v) is 4.94. The highest BCUT2D eigenvalue weighted by atomic mass is 16.4. The average Bonchev–Trinajstić information content (AvgIpc) is 2.85. The number of oxime groups is 1. The molecule has 2 fully saturated rings. The van der Waals surface area contributed by atoms with Crippen molar-refractivity contribution in [2.24, 2.45) is 28.6 Å². The molecule has 0 spiro atoms. The lowest BCUT2D eigenvalue weighted by Crippen LogP contribution is -2.39. The van der Waals surface area contributed by atoms with Crippen LogP contribution in [0, 0.1) is 17.8 Å². The van der Waals surface area contributed by atoms with Gasteiger partial charge in [0.2, 0.25) is 5.91 Å². The summed E-state index contributed by atoms with van der Waals surface area (Å²) in [5, 5.41) is 11.5. The van der Waals surface area contributed by atoms with Crippen LogP contribution in [-0.2, 0) is 4.79 Å². The highest BCUT2D eigenvalue weighted by Crippen LogP contribution is 2.38. The molecule has 1 aliphatic heterocycles. The molecule has 1 amide bonds. The average molecular weight is 225 g/mol. The summed E-state index contributed by atoms with van der Waals surface area (Å²) in [4.78, 5) is 13.9. The Morgan fingerprint density at radius 1 is 1.44 bits per heavy atom. The highest BCUT2D eigenvalue weighted by molar-refractivity contribution is 6.01. The van der Waals surface area contributed by atoms with E-state index in [9.17, 15) is 4.79 Å². The van der Waals surface area contributed by atoms with Crippen molar-refractivity contribution in [3.8, 4) is 0 Å². The summed E-state index contributed by atoms with van der Waals surface area (Å²) in [5.74, 6) is 0.850. The lowest BCUT2D eigenvalue weighted by molar-refractivity contribution is -0.132. The first kappa shape index (κ1) is 11.2. The number of rotatable bonds is 2. The first-order chi connectivity index (χ1) is 7.63. The van der Waals surface area contributed by atoms with Gasteiger partial charge in [-0.25, -0.2) is 0 Å². The quantitative estimate of drug-likeness (QED) is 0.313. The van der Waals surface area contributed by atoms with Gasteiger partial charge >= 0.3 is 0 Å². The third-order valence-corrected chi connectivity index (χ3v) is 3.97. The molecule has 1 aliphatic carbocycles. The van der Waals surface area contributed by atoms with Gasteiger partial charge in [-0.3, -0.25) is 4.79 Å². The molecule has 2 aliphatic rings. The fourth-order valence-corrected chi connectivity index (χ4v) is 2.90. The molecule has 1 saturated heterocycles. The SMILES string of the molecule is CC(C(=O)N1CC2CCCC2C1)C(N)=NO. The van der Waals surface area contributed by atoms with Gasteiger partial charge in [-0.1, -0.05) is 11.6 Å². The minimum atomic E-state index is -0.510. The summed E-state index contributed by atoms with van der Waals surface area (Å²) in [6, 6.07) is 0. The predicted octanol–water partition coefficient (Wildman–Crippen LogP) is 0.627. The fourth-order valence-electron chi connectivity index (χ4n) is 2.90. The van der Waals surface area contributed by atoms with Crippen LogP contribution in [0.5, 0.6) is 0 Å². The zero-order chi connectivity index (χ0) is 11.7. The molecule has 0 aromatic carbocycles. The Morgan fingerprint density at radius 2 is 2.00 bits per heavy atom. The first-order valence-electron chi connectivity index (χ1n) is 5.89. The topological polar surface area (TPSA) is 78.9 Å². The standard InChI is InChI=1S/C11H19N3O2/c1-7(10(12)13-16)11(15)14-5-8-3-2-4-9(8)6-14/h7-9,16H,2-6H2,1H3,(H2,12,13). The van der Waals surface area contributed by atoms with Gasteiger partial charge in [0.25, 0.3) is 0 Å². The first-order valence-corrected chi connectivity index (χ1v) is 5.89. The zero-order valence-electron chi connectivity index (χ0n) is 9.59. The molecule has 0 aromatic rings. The maximum Gasteiger partial charge on any atom is 0.233 e. The van der Waals surface area contributed by atoms with Crippen molar-refractivity contribution < 1.29 is 10.0 Å². The van der Waals surface area contributed by atoms with E-state index in [1.165, 1.54) is 19.3 Å². The van der Waals surface area contributed by atoms with E-state index in [1.54, 1.807) is 6.92 Å². The summed E-state index contributed by atoms with van der Waals surface area (Å²) in [7, 11) is 0. The van der Waals surface area contributed by atoms with Gasteiger partial charge in [-0.05, 0) is 31.6 Å². The van der Waals surface area contributed by atoms with E-state index >= 15 is 0 Å². The van der Waals surface area contributed by atoms with E-state index in [0.717, 1.165) is 13.1 Å². The third-order valence-electron chi connectivity index (χ3n) is 3.97. The third kappa shape index (κ3) is 1.86. The largest absolute Gasteiger partial charge is 0.409 e. The predicted molar refractivity (Wildman–Crippen MR) is 60.0 cm³/mol. The van der Waals surface area contributed by atoms with E-state index in [1.807, 2.05) is 4.90 Å². The van der Waals surface area contributed by atoms with Crippen LogP contribution in [0.3, 0.4) is 0 Å². The molecule has 16 heavy (non-hydrogen) atoms. The van der Waals surface area contributed by atoms with Crippen molar-refractivity contribution >= 4 is 11.7 Å². The molecule has 2 rings (SSSR count). The van der Waals surface area contributed by atoms with Crippen LogP contribution < -0.4 is 5.73 Å². The Morgan fingerprint density at radius 3 is 2.50 bits per heavy atom. The molecule has 0 bridgehead atoms. The molecule has 90 valence electrons. The molecular weight excluding hydrogens is 206 g/mol. The number of likely N-dealkylation sites (tertiary alicyclic amines) is 1. The van der Waals surface area contributed by atoms with Gasteiger partial charge in [-0.15, -0.1) is 0 Å². The minimum absolute atomic E-state index is 0.00191. The van der Waals surface area contributed by atoms with Gasteiger partial charge in [0.1, 0.15) is 0 Å². The van der Waals surface area contributed by atoms with Crippen LogP contribution in [0.15, 0.2) is 5.16 Å². The van der Waals surface area contributed by atoms with Crippen LogP contribution in [0.1, 0.15) is 26.2 Å². The second kappa shape index (κ2) is 4.31. The van der Waals surface area contributed by atoms with Gasteiger partial charge < -0.3 is 15.8 Å². The zero-order valence-corrected chi connectivity index (χ0v) is 9.59. The van der Waals surface area contributed by atoms with E-state index in [4.69, 9.17) is 10.9 Å². The van der Waals surface area contributed by atoms with Crippen molar-refractivity contribution in [1.29, 1.82) is 0 Å². The normalized spacial score (nSPS) is 31.6. The number of amides is 1. The minimum Gasteiger partial charge on any atom is -0.409 e. The Hall–Kier alpha value is -1.26. The molecule has 1 heterocycles. The smallest absolute Gasteiger partial charge is 0.233 e. The molecule has 3 atom stereocenters. The fraction of sp³-hybridized carbons (Fsp3) is 0.818. The maximum atomic E-state index is 12.0. The van der Waals surface area contributed by atoms with Crippen molar-refractivity contribution in [3.05, 3.63) is 0 Å². The Kier molecular flexibility index (Phi) is 3.03. The van der Waals surface area contributed by atoms with Crippen molar-refractivity contribution in [2.45, 2.75) is 26.2 Å². The van der Waals surface area contributed by atoms with Crippen LogP contribution >= 0.6 is 0 Å². The lowest BCUT2D eigenvalue weighted by atomic mass is 10.0. The molecule has 0 radical (unpaired) electrons. The van der Waals surface area contributed by atoms with Gasteiger partial charge in [0.15, 0.2) is 5.84 Å². The van der Waals surface area contributed by atoms with Crippen LogP contribution in [-0.4, -0.2) is 34.9 Å². The number of hydrogen-bond acceptors (Lipinski definition) is 3. The summed E-state index contributed by atoms with van der Waals surface area (Å²) in [6.07, 6.45) is 3.78. The Labute approximate surface area is 95.3 Å². The Bertz CT molecular complexity index is 304. The summed E-state index contributed by atoms with van der Waals surface area (Å²) < 4.78 is 0. The van der Waals surface area contributed by atoms with E-state index in [-0.39, 0.29) is 11.7 Å². The summed E-state index contributed by atoms with van der Waals surface area (Å²) in [5.41, 5.74) is 5.45. The van der Waals surface area contributed by atoms with Gasteiger partial charge in [-0.2, -0.15) is 0 Å². The van der Waals surface area contributed by atoms with E-state index < -0.39 is 5.92 Å². The van der Waals surface area contributed by atoms with E-state index in [2.05, 4.69) is 5.16 Å². The lowest BCUT2D eigenvalue weighted by Gasteiger charge is -2.20. The van der Waals surface area contributed by atoms with Gasteiger partial charge in [0.05, 0.1) is 5.92 Å². The molecule has 1 saturated carbocycles. The molecule has 3 unspecified atom stereocenters. The molecule has 5 heteroatoms. The van der Waals surface area contributed by atoms with Crippen LogP contribution in [0.2, 0.25) is 0 Å². The Balaban J connectivity index is 1.97. The summed E-state index contributed by atoms with van der Waals surface area (Å²) >= 11 is 0. The second-order valence-electron chi connectivity index (χ2n) is 4.94. The molecule has 0 aromatic heterocycles. The van der Waals surface area contributed by atoms with Crippen LogP contribution in [0.4, 0.5) is 0 Å². The van der Waals surface area contributed by atoms with Crippen molar-refractivity contribution in [2.75, 3.05) is 13.1 Å². The van der Waals surface area contributed by atoms with E-state index in [0.29, 0.717) is 11.8 Å². The van der Waals surface area contributed by atoms with Crippen LogP contribution in [0.25, 0.3) is 0 Å².